The third-order valence-electron chi connectivity index (χ3n) is 20.3. The molecule has 0 aliphatic heterocycles. The highest BCUT2D eigenvalue weighted by Gasteiger charge is 2.27. The number of aromatic hydroxyl groups is 4. The minimum atomic E-state index is -0.506. The molecule has 130 heavy (non-hydrogen) atoms. The lowest BCUT2D eigenvalue weighted by Crippen LogP contribution is -2.13. The molecule has 33 heteroatoms. The minimum absolute atomic E-state index is 0.0386. The molecular weight excluding hydrogens is 1650 g/mol. The number of aromatic amines is 4. The zero-order valence-electron chi connectivity index (χ0n) is 71.4. The fourth-order valence-corrected chi connectivity index (χ4v) is 13.3. The molecule has 0 fully saturated rings. The molecule has 33 nitrogen and oxygen atoms in total. The molecule has 0 radical (unpaired) electrons. The van der Waals surface area contributed by atoms with Crippen molar-refractivity contribution in [1.82, 2.24) is 40.8 Å². The summed E-state index contributed by atoms with van der Waals surface area (Å²) in [6, 6.07) is 72.7. The largest absolute Gasteiger partial charge is 0.505 e. The summed E-state index contributed by atoms with van der Waals surface area (Å²) in [5.41, 5.74) is 8.34. The van der Waals surface area contributed by atoms with Gasteiger partial charge in [0.15, 0.2) is 34.6 Å². The first-order valence-electron chi connectivity index (χ1n) is 40.5. The maximum atomic E-state index is 13.0. The summed E-state index contributed by atoms with van der Waals surface area (Å²) in [7, 11) is 0. The zero-order valence-corrected chi connectivity index (χ0v) is 71.4. The SMILES string of the molecule is CCOc1ccc(NC(=O)c2cc3ccccc3c(N=Nc3[nH]ncc3C#N)c2O)cc1.CCc1ccc(NC(=O)c2cc3ccccc3c(N=Nc3[nH]ncc3C#N)c2O)cc1.Cc1[nH]nc(N=Nc2c(O)c(C(=O)Nc3ccc(C(C)C)cc3)cc3ccccc23)c1C#N.Cc1ccc(NC(=O)c2cc3ccccc3c(N=Nc3n[nH]c(C(C)(C)C)c3C#N)c2O)cc1. The van der Waals surface area contributed by atoms with Gasteiger partial charge in [-0.15, -0.1) is 40.9 Å². The number of H-pyrrole nitrogens is 4. The summed E-state index contributed by atoms with van der Waals surface area (Å²) < 4.78 is 5.40. The van der Waals surface area contributed by atoms with Crippen molar-refractivity contribution in [2.45, 2.75) is 80.1 Å². The number of hydrogen-bond donors (Lipinski definition) is 12. The van der Waals surface area contributed by atoms with Gasteiger partial charge in [-0.25, -0.2) is 0 Å². The summed E-state index contributed by atoms with van der Waals surface area (Å²) in [6.07, 6.45) is 3.56. The predicted octanol–water partition coefficient (Wildman–Crippen LogP) is 23.2. The van der Waals surface area contributed by atoms with E-state index in [-0.39, 0.29) is 119 Å². The molecule has 644 valence electrons. The normalized spacial score (nSPS) is 11.2. The van der Waals surface area contributed by atoms with E-state index in [1.54, 1.807) is 122 Å². The van der Waals surface area contributed by atoms with Crippen LogP contribution >= 0.6 is 0 Å². The first-order chi connectivity index (χ1) is 62.8. The average Bonchev–Trinajstić information content (AvgIpc) is 0.839. The van der Waals surface area contributed by atoms with E-state index >= 15 is 0 Å². The number of hydrogen-bond acceptors (Lipinski definition) is 25. The van der Waals surface area contributed by atoms with E-state index < -0.39 is 23.6 Å². The van der Waals surface area contributed by atoms with Gasteiger partial charge in [0.1, 0.15) is 75.0 Å². The lowest BCUT2D eigenvalue weighted by atomic mass is 9.90. The highest BCUT2D eigenvalue weighted by Crippen LogP contribution is 2.45. The Kier molecular flexibility index (Phi) is 27.8. The van der Waals surface area contributed by atoms with E-state index in [1.165, 1.54) is 12.4 Å². The van der Waals surface area contributed by atoms with Crippen LogP contribution in [0.2, 0.25) is 0 Å². The fourth-order valence-electron chi connectivity index (χ4n) is 13.3. The van der Waals surface area contributed by atoms with Crippen LogP contribution in [0.25, 0.3) is 43.1 Å². The van der Waals surface area contributed by atoms with Crippen molar-refractivity contribution in [3.05, 3.63) is 303 Å². The summed E-state index contributed by atoms with van der Waals surface area (Å²) in [5.74, 6) is -1.55. The predicted molar refractivity (Wildman–Crippen MR) is 493 cm³/mol. The second-order valence-electron chi connectivity index (χ2n) is 30.4. The number of carbonyl (C=O) groups excluding carboxylic acids is 4. The Morgan fingerprint density at radius 3 is 1.11 bits per heavy atom. The number of phenols is 4. The number of phenolic OH excluding ortho intramolecular Hbond substituents is 4. The van der Waals surface area contributed by atoms with Gasteiger partial charge in [0.25, 0.3) is 23.6 Å². The second kappa shape index (κ2) is 40.4. The number of anilines is 4. The summed E-state index contributed by atoms with van der Waals surface area (Å²) in [5, 5.41) is 157. The van der Waals surface area contributed by atoms with Gasteiger partial charge in [0, 0.05) is 49.7 Å². The Morgan fingerprint density at radius 2 is 0.762 bits per heavy atom. The van der Waals surface area contributed by atoms with Crippen LogP contribution in [0, 0.1) is 59.2 Å². The number of amides is 4. The van der Waals surface area contributed by atoms with Crippen molar-refractivity contribution in [2.75, 3.05) is 27.9 Å². The molecule has 0 saturated heterocycles. The van der Waals surface area contributed by atoms with Crippen molar-refractivity contribution < 1.29 is 44.3 Å². The van der Waals surface area contributed by atoms with Gasteiger partial charge in [-0.3, -0.25) is 39.6 Å². The van der Waals surface area contributed by atoms with Crippen LogP contribution in [0.4, 0.5) is 68.8 Å². The van der Waals surface area contributed by atoms with Crippen LogP contribution in [0.15, 0.2) is 272 Å². The number of fused-ring (bicyclic) bond motifs is 4. The second-order valence-corrected chi connectivity index (χ2v) is 30.4. The fraction of sp³-hybridized carbons (Fsp3) is 0.134. The van der Waals surface area contributed by atoms with E-state index in [0.717, 1.165) is 23.1 Å². The summed E-state index contributed by atoms with van der Waals surface area (Å²) in [6.45, 7) is 18.2. The highest BCUT2D eigenvalue weighted by molar-refractivity contribution is 6.15. The molecule has 16 aromatic rings. The monoisotopic (exact) mass is 1730 g/mol. The molecule has 0 spiro atoms. The van der Waals surface area contributed by atoms with Crippen LogP contribution in [0.1, 0.15) is 146 Å². The Bertz CT molecular complexity index is 7280. The van der Waals surface area contributed by atoms with Gasteiger partial charge >= 0.3 is 0 Å². The third-order valence-corrected chi connectivity index (χ3v) is 20.3. The number of nitriles is 4. The molecule has 4 amide bonds. The molecule has 0 atom stereocenters. The quantitative estimate of drug-likeness (QED) is 0.0315. The zero-order chi connectivity index (χ0) is 92.3. The molecule has 16 rings (SSSR count). The molecule has 0 aliphatic carbocycles. The highest BCUT2D eigenvalue weighted by atomic mass is 16.5. The number of nitrogens with zero attached hydrogens (tertiary/aromatic N) is 16. The molecule has 0 saturated carbocycles. The van der Waals surface area contributed by atoms with Gasteiger partial charge < -0.3 is 46.4 Å². The van der Waals surface area contributed by atoms with E-state index in [0.29, 0.717) is 95.5 Å². The topological polar surface area (TPSA) is 515 Å². The number of azo groups is 4. The molecular formula is C97H82N24O9. The average molecular weight is 1730 g/mol. The molecule has 0 unspecified atom stereocenters. The van der Waals surface area contributed by atoms with Crippen LogP contribution in [0.5, 0.6) is 28.7 Å². The molecule has 0 aliphatic rings. The van der Waals surface area contributed by atoms with Crippen LogP contribution in [-0.2, 0) is 11.8 Å². The smallest absolute Gasteiger partial charge is 0.259 e. The van der Waals surface area contributed by atoms with E-state index in [9.17, 15) is 50.1 Å². The van der Waals surface area contributed by atoms with Gasteiger partial charge in [-0.05, 0) is 151 Å². The summed E-state index contributed by atoms with van der Waals surface area (Å²) >= 11 is 0. The number of rotatable bonds is 20. The van der Waals surface area contributed by atoms with Crippen LogP contribution < -0.4 is 26.0 Å². The number of ether oxygens (including phenoxy) is 1. The van der Waals surface area contributed by atoms with E-state index in [1.807, 2.05) is 156 Å². The maximum Gasteiger partial charge on any atom is 0.259 e. The van der Waals surface area contributed by atoms with Gasteiger partial charge in [-0.1, -0.05) is 181 Å². The molecule has 12 N–H and O–H groups in total. The first kappa shape index (κ1) is 89.5. The standard InChI is InChI=1S/C26H24N6O2.C25H22N6O2.C23H18N6O3.C23H18N6O2/c1-15-9-11-17(12-10-15)28-25(34)19-13-16-7-5-6-8-18(16)21(22(19)33)29-31-24-20(14-27)23(30-32-24)26(2,3)4;1-14(2)16-8-10-18(11-9-16)27-25(33)20-12-17-6-4-5-7-19(17)22(23(20)32)29-31-24-21(13-26)15(3)28-30-24;1-2-32-17-9-7-16(8-10-17)26-23(31)19-11-14-5-3-4-6-18(14)20(21(19)30)27-29-22-15(12-24)13-25-28-22;1-2-14-7-9-17(10-8-14)26-23(31)19-11-15-5-3-4-6-18(15)20(21(19)30)27-29-22-16(12-24)13-25-28-22/h5-13,33H,1-4H3,(H,28,34)(H,30,32);4-12,14,32H,1-3H3,(H,27,33)(H,28,30);3-11,13,30H,2H2,1H3,(H,25,28)(H,26,31);3-11,13,30H,2H2,1H3,(H,25,28)(H,26,31). The number of carbonyl (C=O) groups is 4. The Hall–Kier alpha value is -18.2. The Morgan fingerprint density at radius 1 is 0.423 bits per heavy atom. The number of aromatic nitrogens is 8. The lowest BCUT2D eigenvalue weighted by Gasteiger charge is -2.15. The maximum absolute atomic E-state index is 13.0. The van der Waals surface area contributed by atoms with Crippen molar-refractivity contribution in [1.29, 1.82) is 21.0 Å². The third kappa shape index (κ3) is 20.6. The first-order valence-corrected chi connectivity index (χ1v) is 40.5. The van der Waals surface area contributed by atoms with Gasteiger partial charge in [0.05, 0.1) is 52.6 Å². The molecule has 4 heterocycles. The van der Waals surface area contributed by atoms with Gasteiger partial charge in [0.2, 0.25) is 11.6 Å². The molecule has 12 aromatic carbocycles. The lowest BCUT2D eigenvalue weighted by molar-refractivity contribution is 0.101. The number of nitrogens with one attached hydrogen (secondary N) is 8. The van der Waals surface area contributed by atoms with Crippen molar-refractivity contribution in [3.63, 3.8) is 0 Å². The molecule has 0 bridgehead atoms. The van der Waals surface area contributed by atoms with E-state index in [4.69, 9.17) is 15.3 Å². The Balaban J connectivity index is 0.000000148. The summed E-state index contributed by atoms with van der Waals surface area (Å²) in [4.78, 5) is 51.9. The van der Waals surface area contributed by atoms with Crippen LogP contribution in [0.3, 0.4) is 0 Å². The van der Waals surface area contributed by atoms with Crippen molar-refractivity contribution >= 4 is 135 Å². The minimum Gasteiger partial charge on any atom is -0.505 e. The van der Waals surface area contributed by atoms with E-state index in [2.05, 4.69) is 130 Å². The van der Waals surface area contributed by atoms with Crippen molar-refractivity contribution in [2.24, 2.45) is 40.9 Å². The van der Waals surface area contributed by atoms with Gasteiger partial charge in [-0.2, -0.15) is 41.4 Å². The molecule has 4 aromatic heterocycles. The Labute approximate surface area is 743 Å². The van der Waals surface area contributed by atoms with Crippen molar-refractivity contribution in [3.8, 4) is 53.0 Å². The number of aryl methyl sites for hydroxylation is 3. The van der Waals surface area contributed by atoms with Crippen LogP contribution in [-0.4, -0.2) is 91.5 Å². The number of benzene rings is 12.